The number of likely N-dealkylation sites (tertiary alicyclic amines) is 1. The molecular formula is C16H31N3O2. The summed E-state index contributed by atoms with van der Waals surface area (Å²) in [6, 6.07) is 0. The standard InChI is InChI=1S/C16H31N3O2/c1-4-18(5-2)15(20)7-6-8-16(21)19-11-9-14(10-12-19)13-17-3/h14,17H,4-13H2,1-3H3. The van der Waals surface area contributed by atoms with Crippen molar-refractivity contribution < 1.29 is 9.59 Å². The van der Waals surface area contributed by atoms with Crippen LogP contribution in [0, 0.1) is 5.92 Å². The monoisotopic (exact) mass is 297 g/mol. The van der Waals surface area contributed by atoms with Crippen LogP contribution in [0.5, 0.6) is 0 Å². The summed E-state index contributed by atoms with van der Waals surface area (Å²) >= 11 is 0. The first-order valence-electron chi connectivity index (χ1n) is 8.32. The Balaban J connectivity index is 2.21. The van der Waals surface area contributed by atoms with Gasteiger partial charge < -0.3 is 15.1 Å². The number of hydrogen-bond donors (Lipinski definition) is 1. The van der Waals surface area contributed by atoms with E-state index in [1.54, 1.807) is 0 Å². The zero-order valence-corrected chi connectivity index (χ0v) is 13.9. The molecule has 1 aliphatic rings. The summed E-state index contributed by atoms with van der Waals surface area (Å²) in [5.74, 6) is 1.08. The van der Waals surface area contributed by atoms with Gasteiger partial charge in [0.2, 0.25) is 11.8 Å². The number of piperidine rings is 1. The zero-order valence-electron chi connectivity index (χ0n) is 13.9. The van der Waals surface area contributed by atoms with Gasteiger partial charge in [0.15, 0.2) is 0 Å². The molecule has 0 aliphatic carbocycles. The van der Waals surface area contributed by atoms with Gasteiger partial charge in [-0.05, 0) is 52.6 Å². The van der Waals surface area contributed by atoms with E-state index in [2.05, 4.69) is 5.32 Å². The molecule has 1 N–H and O–H groups in total. The van der Waals surface area contributed by atoms with E-state index in [1.807, 2.05) is 30.7 Å². The maximum absolute atomic E-state index is 12.1. The maximum Gasteiger partial charge on any atom is 0.222 e. The van der Waals surface area contributed by atoms with Crippen molar-refractivity contribution in [3.63, 3.8) is 0 Å². The highest BCUT2D eigenvalue weighted by molar-refractivity contribution is 5.79. The second-order valence-corrected chi connectivity index (χ2v) is 5.80. The van der Waals surface area contributed by atoms with E-state index in [4.69, 9.17) is 0 Å². The van der Waals surface area contributed by atoms with Crippen LogP contribution in [0.3, 0.4) is 0 Å². The predicted molar refractivity (Wildman–Crippen MR) is 85.0 cm³/mol. The number of carbonyl (C=O) groups is 2. The minimum atomic E-state index is 0.167. The van der Waals surface area contributed by atoms with Crippen molar-refractivity contribution >= 4 is 11.8 Å². The van der Waals surface area contributed by atoms with Crippen molar-refractivity contribution in [2.24, 2.45) is 5.92 Å². The Bertz CT molecular complexity index is 321. The van der Waals surface area contributed by atoms with Crippen molar-refractivity contribution in [3.8, 4) is 0 Å². The highest BCUT2D eigenvalue weighted by atomic mass is 16.2. The first-order valence-corrected chi connectivity index (χ1v) is 8.32. The number of amides is 2. The minimum absolute atomic E-state index is 0.167. The molecule has 0 aromatic rings. The Morgan fingerprint density at radius 3 is 2.29 bits per heavy atom. The Hall–Kier alpha value is -1.10. The molecule has 1 rings (SSSR count). The molecule has 0 aromatic heterocycles. The van der Waals surface area contributed by atoms with Gasteiger partial charge in [-0.3, -0.25) is 9.59 Å². The van der Waals surface area contributed by atoms with Crippen LogP contribution in [0.1, 0.15) is 46.0 Å². The van der Waals surface area contributed by atoms with Gasteiger partial charge in [0.1, 0.15) is 0 Å². The van der Waals surface area contributed by atoms with E-state index in [-0.39, 0.29) is 11.8 Å². The molecule has 5 heteroatoms. The van der Waals surface area contributed by atoms with Crippen LogP contribution in [-0.2, 0) is 9.59 Å². The number of hydrogen-bond acceptors (Lipinski definition) is 3. The van der Waals surface area contributed by atoms with Crippen LogP contribution in [0.4, 0.5) is 0 Å². The van der Waals surface area contributed by atoms with E-state index < -0.39 is 0 Å². The fourth-order valence-electron chi connectivity index (χ4n) is 2.96. The first kappa shape index (κ1) is 18.0. The van der Waals surface area contributed by atoms with Crippen molar-refractivity contribution in [2.75, 3.05) is 39.8 Å². The Morgan fingerprint density at radius 1 is 1.14 bits per heavy atom. The highest BCUT2D eigenvalue weighted by Gasteiger charge is 2.22. The average Bonchev–Trinajstić information content (AvgIpc) is 2.49. The zero-order chi connectivity index (χ0) is 15.7. The number of nitrogens with zero attached hydrogens (tertiary/aromatic N) is 2. The largest absolute Gasteiger partial charge is 0.343 e. The van der Waals surface area contributed by atoms with E-state index in [1.165, 1.54) is 0 Å². The molecule has 0 saturated carbocycles. The first-order chi connectivity index (χ1) is 10.1. The molecule has 0 radical (unpaired) electrons. The molecule has 2 amide bonds. The third kappa shape index (κ3) is 6.04. The van der Waals surface area contributed by atoms with E-state index in [0.29, 0.717) is 25.2 Å². The second kappa shape index (κ2) is 9.77. The molecular weight excluding hydrogens is 266 g/mol. The highest BCUT2D eigenvalue weighted by Crippen LogP contribution is 2.17. The average molecular weight is 297 g/mol. The van der Waals surface area contributed by atoms with Crippen LogP contribution < -0.4 is 5.32 Å². The lowest BCUT2D eigenvalue weighted by molar-refractivity contribution is -0.133. The molecule has 0 spiro atoms. The molecule has 1 saturated heterocycles. The summed E-state index contributed by atoms with van der Waals surface area (Å²) in [7, 11) is 1.98. The summed E-state index contributed by atoms with van der Waals surface area (Å²) in [6.07, 6.45) is 3.84. The Kier molecular flexibility index (Phi) is 8.35. The van der Waals surface area contributed by atoms with Crippen LogP contribution >= 0.6 is 0 Å². The summed E-state index contributed by atoms with van der Waals surface area (Å²) in [6.45, 7) is 8.26. The maximum atomic E-state index is 12.1. The molecule has 0 aromatic carbocycles. The van der Waals surface area contributed by atoms with Crippen molar-refractivity contribution in [1.29, 1.82) is 0 Å². The van der Waals surface area contributed by atoms with E-state index in [9.17, 15) is 9.59 Å². The lowest BCUT2D eigenvalue weighted by Gasteiger charge is -2.32. The molecule has 1 aliphatic heterocycles. The third-order valence-corrected chi connectivity index (χ3v) is 4.36. The number of rotatable bonds is 8. The molecule has 1 fully saturated rings. The molecule has 0 unspecified atom stereocenters. The van der Waals surface area contributed by atoms with Gasteiger partial charge in [0.25, 0.3) is 0 Å². The fourth-order valence-corrected chi connectivity index (χ4v) is 2.96. The Labute approximate surface area is 129 Å². The third-order valence-electron chi connectivity index (χ3n) is 4.36. The molecule has 5 nitrogen and oxygen atoms in total. The van der Waals surface area contributed by atoms with Gasteiger partial charge in [-0.25, -0.2) is 0 Å². The minimum Gasteiger partial charge on any atom is -0.343 e. The number of nitrogens with one attached hydrogen (secondary N) is 1. The molecule has 0 atom stereocenters. The summed E-state index contributed by atoms with van der Waals surface area (Å²) < 4.78 is 0. The topological polar surface area (TPSA) is 52.7 Å². The van der Waals surface area contributed by atoms with Crippen LogP contribution in [0.25, 0.3) is 0 Å². The number of carbonyl (C=O) groups excluding carboxylic acids is 2. The molecule has 21 heavy (non-hydrogen) atoms. The predicted octanol–water partition coefficient (Wildman–Crippen LogP) is 1.48. The fraction of sp³-hybridized carbons (Fsp3) is 0.875. The lowest BCUT2D eigenvalue weighted by atomic mass is 9.96. The SMILES string of the molecule is CCN(CC)C(=O)CCCC(=O)N1CCC(CNC)CC1. The summed E-state index contributed by atoms with van der Waals surface area (Å²) in [5, 5.41) is 3.20. The summed E-state index contributed by atoms with van der Waals surface area (Å²) in [5.41, 5.74) is 0. The molecule has 122 valence electrons. The second-order valence-electron chi connectivity index (χ2n) is 5.80. The van der Waals surface area contributed by atoms with Crippen LogP contribution in [0.15, 0.2) is 0 Å². The van der Waals surface area contributed by atoms with Crippen LogP contribution in [0.2, 0.25) is 0 Å². The van der Waals surface area contributed by atoms with Gasteiger partial charge in [-0.15, -0.1) is 0 Å². The van der Waals surface area contributed by atoms with Gasteiger partial charge in [-0.1, -0.05) is 0 Å². The van der Waals surface area contributed by atoms with Crippen LogP contribution in [-0.4, -0.2) is 61.4 Å². The lowest BCUT2D eigenvalue weighted by Crippen LogP contribution is -2.40. The molecule has 0 bridgehead atoms. The van der Waals surface area contributed by atoms with E-state index in [0.717, 1.165) is 45.6 Å². The quantitative estimate of drug-likeness (QED) is 0.738. The summed E-state index contributed by atoms with van der Waals surface area (Å²) in [4.78, 5) is 27.8. The van der Waals surface area contributed by atoms with Crippen molar-refractivity contribution in [1.82, 2.24) is 15.1 Å². The van der Waals surface area contributed by atoms with Crippen molar-refractivity contribution in [2.45, 2.75) is 46.0 Å². The van der Waals surface area contributed by atoms with E-state index >= 15 is 0 Å². The Morgan fingerprint density at radius 2 is 1.76 bits per heavy atom. The van der Waals surface area contributed by atoms with Gasteiger partial charge in [0, 0.05) is 39.0 Å². The van der Waals surface area contributed by atoms with Gasteiger partial charge in [0.05, 0.1) is 0 Å². The van der Waals surface area contributed by atoms with Crippen molar-refractivity contribution in [3.05, 3.63) is 0 Å². The van der Waals surface area contributed by atoms with Gasteiger partial charge >= 0.3 is 0 Å². The molecule has 1 heterocycles. The van der Waals surface area contributed by atoms with Gasteiger partial charge in [-0.2, -0.15) is 0 Å². The normalized spacial score (nSPS) is 16.0. The smallest absolute Gasteiger partial charge is 0.222 e.